The van der Waals surface area contributed by atoms with E-state index in [0.29, 0.717) is 10.8 Å². The highest BCUT2D eigenvalue weighted by Gasteiger charge is 2.10. The molecule has 0 bridgehead atoms. The Bertz CT molecular complexity index is 635. The number of hydrogen-bond acceptors (Lipinski definition) is 4. The molecule has 0 aliphatic rings. The van der Waals surface area contributed by atoms with Crippen molar-refractivity contribution in [3.8, 4) is 5.75 Å². The van der Waals surface area contributed by atoms with E-state index >= 15 is 0 Å². The van der Waals surface area contributed by atoms with Crippen LogP contribution in [-0.4, -0.2) is 17.2 Å². The zero-order chi connectivity index (χ0) is 13.8. The number of carbonyl (C=O) groups is 1. The van der Waals surface area contributed by atoms with Gasteiger partial charge in [0.05, 0.1) is 11.8 Å². The second kappa shape index (κ2) is 5.58. The number of amides is 1. The van der Waals surface area contributed by atoms with Crippen LogP contribution >= 0.6 is 11.6 Å². The van der Waals surface area contributed by atoms with E-state index in [0.717, 1.165) is 5.76 Å². The fraction of sp³-hybridized carbons (Fsp3) is 0.0769. The minimum Gasteiger partial charge on any atom is -0.507 e. The summed E-state index contributed by atoms with van der Waals surface area (Å²) in [6, 6.07) is 7.73. The monoisotopic (exact) mass is 278 g/mol. The van der Waals surface area contributed by atoms with Gasteiger partial charge in [-0.1, -0.05) is 11.6 Å². The van der Waals surface area contributed by atoms with Gasteiger partial charge in [-0.15, -0.1) is 0 Å². The maximum Gasteiger partial charge on any atom is 0.275 e. The summed E-state index contributed by atoms with van der Waals surface area (Å²) in [5.74, 6) is 0.545. The SMILES string of the molecule is Cc1ccc(/C=N/NC(=O)c2ccc(Cl)cc2O)o1. The van der Waals surface area contributed by atoms with Crippen molar-refractivity contribution in [1.82, 2.24) is 5.43 Å². The molecule has 6 heteroatoms. The molecule has 0 atom stereocenters. The molecule has 2 N–H and O–H groups in total. The molecule has 5 nitrogen and oxygen atoms in total. The summed E-state index contributed by atoms with van der Waals surface area (Å²) in [4.78, 5) is 11.7. The van der Waals surface area contributed by atoms with Gasteiger partial charge in [-0.25, -0.2) is 5.43 Å². The van der Waals surface area contributed by atoms with Crippen LogP contribution < -0.4 is 5.43 Å². The van der Waals surface area contributed by atoms with Crippen molar-refractivity contribution in [2.45, 2.75) is 6.92 Å². The van der Waals surface area contributed by atoms with Gasteiger partial charge in [-0.2, -0.15) is 5.10 Å². The van der Waals surface area contributed by atoms with Crippen LogP contribution in [0.2, 0.25) is 5.02 Å². The van der Waals surface area contributed by atoms with Gasteiger partial charge < -0.3 is 9.52 Å². The topological polar surface area (TPSA) is 74.8 Å². The predicted octanol–water partition coefficient (Wildman–Crippen LogP) is 2.71. The molecule has 2 rings (SSSR count). The molecule has 1 amide bonds. The molecular formula is C13H11ClN2O3. The maximum absolute atomic E-state index is 11.7. The van der Waals surface area contributed by atoms with Crippen LogP contribution in [0.3, 0.4) is 0 Å². The van der Waals surface area contributed by atoms with E-state index in [2.05, 4.69) is 10.5 Å². The quantitative estimate of drug-likeness (QED) is 0.669. The zero-order valence-electron chi connectivity index (χ0n) is 10.1. The first kappa shape index (κ1) is 13.2. The van der Waals surface area contributed by atoms with Crippen LogP contribution in [0.4, 0.5) is 0 Å². The van der Waals surface area contributed by atoms with E-state index < -0.39 is 5.91 Å². The van der Waals surface area contributed by atoms with Crippen molar-refractivity contribution in [3.63, 3.8) is 0 Å². The Morgan fingerprint density at radius 3 is 2.84 bits per heavy atom. The summed E-state index contributed by atoms with van der Waals surface area (Å²) in [6.07, 6.45) is 1.37. The normalized spacial score (nSPS) is 10.8. The molecule has 19 heavy (non-hydrogen) atoms. The number of aromatic hydroxyl groups is 1. The number of phenolic OH excluding ortho intramolecular Hbond substituents is 1. The Morgan fingerprint density at radius 1 is 1.42 bits per heavy atom. The van der Waals surface area contributed by atoms with Crippen LogP contribution in [-0.2, 0) is 0 Å². The first-order chi connectivity index (χ1) is 9.06. The highest BCUT2D eigenvalue weighted by atomic mass is 35.5. The second-order valence-corrected chi connectivity index (χ2v) is 4.25. The second-order valence-electron chi connectivity index (χ2n) is 3.81. The van der Waals surface area contributed by atoms with Crippen LogP contribution in [0.1, 0.15) is 21.9 Å². The zero-order valence-corrected chi connectivity index (χ0v) is 10.8. The van der Waals surface area contributed by atoms with E-state index in [-0.39, 0.29) is 11.3 Å². The van der Waals surface area contributed by atoms with E-state index in [9.17, 15) is 9.90 Å². The van der Waals surface area contributed by atoms with Crippen molar-refractivity contribution in [3.05, 3.63) is 52.4 Å². The lowest BCUT2D eigenvalue weighted by atomic mass is 10.2. The third kappa shape index (κ3) is 3.35. The van der Waals surface area contributed by atoms with Crippen LogP contribution in [0.15, 0.2) is 39.9 Å². The number of nitrogens with one attached hydrogen (secondary N) is 1. The number of rotatable bonds is 3. The van der Waals surface area contributed by atoms with Crippen molar-refractivity contribution >= 4 is 23.7 Å². The minimum absolute atomic E-state index is 0.0946. The van der Waals surface area contributed by atoms with Gasteiger partial charge in [0, 0.05) is 5.02 Å². The molecule has 0 unspecified atom stereocenters. The number of carbonyl (C=O) groups excluding carboxylic acids is 1. The van der Waals surface area contributed by atoms with Gasteiger partial charge in [-0.3, -0.25) is 4.79 Å². The fourth-order valence-corrected chi connectivity index (χ4v) is 1.60. The average molecular weight is 279 g/mol. The first-order valence-corrected chi connectivity index (χ1v) is 5.82. The maximum atomic E-state index is 11.7. The molecule has 1 aromatic heterocycles. The molecule has 98 valence electrons. The lowest BCUT2D eigenvalue weighted by molar-refractivity contribution is 0.0952. The number of benzene rings is 1. The van der Waals surface area contributed by atoms with Gasteiger partial charge in [0.15, 0.2) is 0 Å². The molecule has 0 saturated heterocycles. The minimum atomic E-state index is -0.534. The molecule has 0 spiro atoms. The number of hydrogen-bond donors (Lipinski definition) is 2. The predicted molar refractivity (Wildman–Crippen MR) is 71.6 cm³/mol. The largest absolute Gasteiger partial charge is 0.507 e. The number of hydrazone groups is 1. The number of halogens is 1. The Morgan fingerprint density at radius 2 is 2.21 bits per heavy atom. The summed E-state index contributed by atoms with van der Waals surface area (Å²) in [5, 5.41) is 13.6. The summed E-state index contributed by atoms with van der Waals surface area (Å²) in [7, 11) is 0. The van der Waals surface area contributed by atoms with Gasteiger partial charge in [0.1, 0.15) is 17.3 Å². The Labute approximate surface area is 114 Å². The Hall–Kier alpha value is -2.27. The molecule has 0 radical (unpaired) electrons. The van der Waals surface area contributed by atoms with Gasteiger partial charge in [0.2, 0.25) is 0 Å². The van der Waals surface area contributed by atoms with Gasteiger partial charge in [-0.05, 0) is 37.3 Å². The Balaban J connectivity index is 2.03. The number of phenols is 1. The molecule has 0 aliphatic carbocycles. The lowest BCUT2D eigenvalue weighted by Crippen LogP contribution is -2.17. The summed E-state index contributed by atoms with van der Waals surface area (Å²) >= 11 is 5.67. The van der Waals surface area contributed by atoms with Crippen molar-refractivity contribution in [1.29, 1.82) is 0 Å². The van der Waals surface area contributed by atoms with E-state index in [1.807, 2.05) is 6.92 Å². The molecule has 2 aromatic rings. The number of furan rings is 1. The van der Waals surface area contributed by atoms with E-state index in [4.69, 9.17) is 16.0 Å². The summed E-state index contributed by atoms with van der Waals surface area (Å²) in [6.45, 7) is 1.81. The van der Waals surface area contributed by atoms with E-state index in [1.54, 1.807) is 12.1 Å². The highest BCUT2D eigenvalue weighted by molar-refractivity contribution is 6.30. The van der Waals surface area contributed by atoms with Crippen molar-refractivity contribution < 1.29 is 14.3 Å². The van der Waals surface area contributed by atoms with Gasteiger partial charge >= 0.3 is 0 Å². The first-order valence-electron chi connectivity index (χ1n) is 5.44. The highest BCUT2D eigenvalue weighted by Crippen LogP contribution is 2.21. The van der Waals surface area contributed by atoms with Crippen LogP contribution in [0.25, 0.3) is 0 Å². The third-order valence-corrected chi connectivity index (χ3v) is 2.56. The number of nitrogens with zero attached hydrogens (tertiary/aromatic N) is 1. The van der Waals surface area contributed by atoms with Crippen molar-refractivity contribution in [2.24, 2.45) is 5.10 Å². The number of aryl methyl sites for hydroxylation is 1. The van der Waals surface area contributed by atoms with Crippen molar-refractivity contribution in [2.75, 3.05) is 0 Å². The summed E-state index contributed by atoms with van der Waals surface area (Å²) < 4.78 is 5.24. The standard InChI is InChI=1S/C13H11ClN2O3/c1-8-2-4-10(19-8)7-15-16-13(18)11-5-3-9(14)6-12(11)17/h2-7,17H,1H3,(H,16,18)/b15-7+. The van der Waals surface area contributed by atoms with Crippen LogP contribution in [0.5, 0.6) is 5.75 Å². The summed E-state index contributed by atoms with van der Waals surface area (Å²) in [5.41, 5.74) is 2.38. The molecule has 0 saturated carbocycles. The molecule has 1 heterocycles. The molecule has 1 aromatic carbocycles. The van der Waals surface area contributed by atoms with E-state index in [1.165, 1.54) is 24.4 Å². The third-order valence-electron chi connectivity index (χ3n) is 2.32. The lowest BCUT2D eigenvalue weighted by Gasteiger charge is -2.02. The van der Waals surface area contributed by atoms with Gasteiger partial charge in [0.25, 0.3) is 5.91 Å². The fourth-order valence-electron chi connectivity index (χ4n) is 1.43. The average Bonchev–Trinajstić information content (AvgIpc) is 2.75. The van der Waals surface area contributed by atoms with Crippen LogP contribution in [0, 0.1) is 6.92 Å². The molecule has 0 fully saturated rings. The Kier molecular flexibility index (Phi) is 3.87. The smallest absolute Gasteiger partial charge is 0.275 e. The molecular weight excluding hydrogens is 268 g/mol. The molecule has 0 aliphatic heterocycles.